The van der Waals surface area contributed by atoms with Crippen LogP contribution < -0.4 is 5.32 Å². The first-order chi connectivity index (χ1) is 18.7. The molecule has 3 rings (SSSR count). The summed E-state index contributed by atoms with van der Waals surface area (Å²) in [6.45, 7) is 8.09. The van der Waals surface area contributed by atoms with Crippen LogP contribution in [-0.2, 0) is 19.7 Å². The Labute approximate surface area is 237 Å². The molecule has 9 heteroatoms. The maximum atomic E-state index is 13.7. The van der Waals surface area contributed by atoms with E-state index in [4.69, 9.17) is 0 Å². The number of carbonyl (C=O) groups excluding carboxylic acids is 2. The standard InChI is InChI=1S/C31H37NO6S2/c1-21(2)29(18-32-5)31(34)25-12-10-24(11-13-25)30(33)26(19-39(35,36)27-14-6-22(3)7-15-27)20-40(37,38)28-16-8-23(4)9-17-28/h6-17,21,26,29,32H,18-20H2,1-5H3. The van der Waals surface area contributed by atoms with Crippen LogP contribution in [0.15, 0.2) is 82.6 Å². The highest BCUT2D eigenvalue weighted by Gasteiger charge is 2.33. The van der Waals surface area contributed by atoms with E-state index in [-0.39, 0.29) is 33.0 Å². The molecule has 0 aliphatic heterocycles. The zero-order valence-corrected chi connectivity index (χ0v) is 25.2. The van der Waals surface area contributed by atoms with Gasteiger partial charge in [-0.15, -0.1) is 0 Å². The number of hydrogen-bond donors (Lipinski definition) is 1. The van der Waals surface area contributed by atoms with Crippen LogP contribution in [0.25, 0.3) is 0 Å². The highest BCUT2D eigenvalue weighted by molar-refractivity contribution is 7.92. The predicted molar refractivity (Wildman–Crippen MR) is 157 cm³/mol. The first-order valence-corrected chi connectivity index (χ1v) is 16.5. The lowest BCUT2D eigenvalue weighted by Gasteiger charge is -2.20. The molecule has 0 radical (unpaired) electrons. The number of Topliss-reactive ketones (excluding diaryl/α,β-unsaturated/α-hetero) is 2. The third-order valence-corrected chi connectivity index (χ3v) is 10.7. The van der Waals surface area contributed by atoms with Crippen molar-refractivity contribution in [3.63, 3.8) is 0 Å². The van der Waals surface area contributed by atoms with E-state index in [2.05, 4.69) is 5.32 Å². The largest absolute Gasteiger partial charge is 0.319 e. The predicted octanol–water partition coefficient (Wildman–Crippen LogP) is 4.72. The van der Waals surface area contributed by atoms with Gasteiger partial charge in [0.25, 0.3) is 0 Å². The molecule has 0 aliphatic rings. The number of ketones is 2. The number of carbonyl (C=O) groups is 2. The van der Waals surface area contributed by atoms with Gasteiger partial charge < -0.3 is 5.32 Å². The topological polar surface area (TPSA) is 114 Å². The van der Waals surface area contributed by atoms with E-state index in [1.165, 1.54) is 36.4 Å². The number of sulfone groups is 2. The molecule has 0 aromatic heterocycles. The van der Waals surface area contributed by atoms with Gasteiger partial charge in [-0.3, -0.25) is 9.59 Å². The molecule has 0 fully saturated rings. The summed E-state index contributed by atoms with van der Waals surface area (Å²) in [5.41, 5.74) is 2.33. The molecule has 3 aromatic carbocycles. The monoisotopic (exact) mass is 583 g/mol. The van der Waals surface area contributed by atoms with Crippen molar-refractivity contribution in [2.45, 2.75) is 37.5 Å². The first-order valence-electron chi connectivity index (χ1n) is 13.2. The molecule has 1 atom stereocenters. The lowest BCUT2D eigenvalue weighted by Crippen LogP contribution is -2.31. The summed E-state index contributed by atoms with van der Waals surface area (Å²) >= 11 is 0. The minimum atomic E-state index is -3.99. The molecule has 0 aliphatic carbocycles. The summed E-state index contributed by atoms with van der Waals surface area (Å²) in [7, 11) is -6.19. The Morgan fingerprint density at radius 3 is 1.38 bits per heavy atom. The molecule has 1 N–H and O–H groups in total. The van der Waals surface area contributed by atoms with Crippen LogP contribution in [0.1, 0.15) is 45.7 Å². The van der Waals surface area contributed by atoms with Crippen LogP contribution in [0.2, 0.25) is 0 Å². The average Bonchev–Trinajstić information content (AvgIpc) is 2.90. The van der Waals surface area contributed by atoms with E-state index in [9.17, 15) is 26.4 Å². The summed E-state index contributed by atoms with van der Waals surface area (Å²) in [5.74, 6) is -3.52. The Kier molecular flexibility index (Phi) is 10.2. The van der Waals surface area contributed by atoms with E-state index in [0.29, 0.717) is 12.1 Å². The fraction of sp³-hybridized carbons (Fsp3) is 0.355. The molecule has 3 aromatic rings. The minimum Gasteiger partial charge on any atom is -0.319 e. The Morgan fingerprint density at radius 1 is 0.650 bits per heavy atom. The van der Waals surface area contributed by atoms with Gasteiger partial charge in [-0.1, -0.05) is 73.5 Å². The van der Waals surface area contributed by atoms with Gasteiger partial charge in [-0.25, -0.2) is 16.8 Å². The second-order valence-corrected chi connectivity index (χ2v) is 14.7. The maximum Gasteiger partial charge on any atom is 0.179 e. The molecule has 0 spiro atoms. The normalized spacial score (nSPS) is 13.0. The van der Waals surface area contributed by atoms with Crippen molar-refractivity contribution >= 4 is 31.2 Å². The molecule has 0 saturated heterocycles. The van der Waals surface area contributed by atoms with Crippen molar-refractivity contribution < 1.29 is 26.4 Å². The Bertz CT molecular complexity index is 1460. The van der Waals surface area contributed by atoms with E-state index in [1.54, 1.807) is 43.4 Å². The number of rotatable bonds is 13. The van der Waals surface area contributed by atoms with Crippen LogP contribution in [0.3, 0.4) is 0 Å². The van der Waals surface area contributed by atoms with Crippen molar-refractivity contribution in [2.75, 3.05) is 25.1 Å². The van der Waals surface area contributed by atoms with E-state index < -0.39 is 42.9 Å². The molecule has 0 amide bonds. The number of aryl methyl sites for hydroxylation is 2. The smallest absolute Gasteiger partial charge is 0.179 e. The molecule has 0 saturated carbocycles. The Morgan fingerprint density at radius 2 is 1.02 bits per heavy atom. The van der Waals surface area contributed by atoms with Crippen LogP contribution in [0.4, 0.5) is 0 Å². The zero-order chi connectivity index (χ0) is 29.7. The third-order valence-electron chi connectivity index (χ3n) is 6.99. The minimum absolute atomic E-state index is 0.0221. The SMILES string of the molecule is CNCC(C(=O)c1ccc(C(=O)C(CS(=O)(=O)c2ccc(C)cc2)CS(=O)(=O)c2ccc(C)cc2)cc1)C(C)C. The molecule has 0 bridgehead atoms. The van der Waals surface area contributed by atoms with Gasteiger partial charge >= 0.3 is 0 Å². The van der Waals surface area contributed by atoms with Gasteiger partial charge in [0.15, 0.2) is 31.2 Å². The van der Waals surface area contributed by atoms with Crippen LogP contribution in [-0.4, -0.2) is 53.5 Å². The molecule has 1 unspecified atom stereocenters. The fourth-order valence-corrected chi connectivity index (χ4v) is 7.75. The lowest BCUT2D eigenvalue weighted by molar-refractivity contribution is 0.0884. The molecular formula is C31H37NO6S2. The molecule has 7 nitrogen and oxygen atoms in total. The quantitative estimate of drug-likeness (QED) is 0.290. The highest BCUT2D eigenvalue weighted by Crippen LogP contribution is 2.24. The highest BCUT2D eigenvalue weighted by atomic mass is 32.2. The molecular weight excluding hydrogens is 546 g/mol. The zero-order valence-electron chi connectivity index (χ0n) is 23.5. The van der Waals surface area contributed by atoms with Crippen LogP contribution >= 0.6 is 0 Å². The maximum absolute atomic E-state index is 13.7. The van der Waals surface area contributed by atoms with Gasteiger partial charge in [0, 0.05) is 23.6 Å². The molecule has 40 heavy (non-hydrogen) atoms. The van der Waals surface area contributed by atoms with E-state index >= 15 is 0 Å². The third kappa shape index (κ3) is 7.74. The number of hydrogen-bond acceptors (Lipinski definition) is 7. The second-order valence-electron chi connectivity index (χ2n) is 10.6. The van der Waals surface area contributed by atoms with Gasteiger partial charge in [0.05, 0.1) is 27.2 Å². The molecule has 214 valence electrons. The summed E-state index contributed by atoms with van der Waals surface area (Å²) in [4.78, 5) is 26.8. The van der Waals surface area contributed by atoms with Crippen molar-refractivity contribution in [1.82, 2.24) is 5.32 Å². The van der Waals surface area contributed by atoms with Crippen molar-refractivity contribution in [1.29, 1.82) is 0 Å². The van der Waals surface area contributed by atoms with Gasteiger partial charge in [0.1, 0.15) is 0 Å². The van der Waals surface area contributed by atoms with Crippen LogP contribution in [0.5, 0.6) is 0 Å². The fourth-order valence-electron chi connectivity index (χ4n) is 4.51. The van der Waals surface area contributed by atoms with Crippen molar-refractivity contribution in [3.05, 3.63) is 95.1 Å². The van der Waals surface area contributed by atoms with E-state index in [0.717, 1.165) is 11.1 Å². The van der Waals surface area contributed by atoms with Crippen molar-refractivity contribution in [2.24, 2.45) is 17.8 Å². The number of benzene rings is 3. The summed E-state index contributed by atoms with van der Waals surface area (Å²) < 4.78 is 53.2. The Balaban J connectivity index is 1.96. The average molecular weight is 584 g/mol. The van der Waals surface area contributed by atoms with Crippen molar-refractivity contribution in [3.8, 4) is 0 Å². The summed E-state index contributed by atoms with van der Waals surface area (Å²) in [5, 5.41) is 3.03. The number of nitrogens with one attached hydrogen (secondary N) is 1. The Hall–Kier alpha value is -3.14. The second kappa shape index (κ2) is 13.0. The van der Waals surface area contributed by atoms with E-state index in [1.807, 2.05) is 27.7 Å². The van der Waals surface area contributed by atoms with Crippen LogP contribution in [0, 0.1) is 31.6 Å². The van der Waals surface area contributed by atoms with Gasteiger partial charge in [-0.05, 0) is 51.1 Å². The molecule has 0 heterocycles. The summed E-state index contributed by atoms with van der Waals surface area (Å²) in [6, 6.07) is 18.5. The first kappa shape index (κ1) is 31.4. The summed E-state index contributed by atoms with van der Waals surface area (Å²) in [6.07, 6.45) is 0. The van der Waals surface area contributed by atoms with Gasteiger partial charge in [-0.2, -0.15) is 0 Å². The lowest BCUT2D eigenvalue weighted by atomic mass is 9.87. The van der Waals surface area contributed by atoms with Gasteiger partial charge in [0.2, 0.25) is 0 Å².